The minimum absolute atomic E-state index is 0.0529. The molecule has 0 bridgehead atoms. The van der Waals surface area contributed by atoms with Gasteiger partial charge in [-0.3, -0.25) is 10.1 Å². The second-order valence-corrected chi connectivity index (χ2v) is 4.56. The van der Waals surface area contributed by atoms with Crippen LogP contribution in [-0.2, 0) is 0 Å². The Labute approximate surface area is 120 Å². The number of anilines is 1. The average molecular weight is 283 g/mol. The molecule has 0 aliphatic heterocycles. The van der Waals surface area contributed by atoms with Crippen LogP contribution in [0.1, 0.15) is 21.9 Å². The number of benzene rings is 1. The van der Waals surface area contributed by atoms with E-state index in [4.69, 9.17) is 8.83 Å². The number of rotatable bonds is 3. The normalized spacial score (nSPS) is 10.6. The Morgan fingerprint density at radius 2 is 1.86 bits per heavy atom. The van der Waals surface area contributed by atoms with E-state index < -0.39 is 0 Å². The second kappa shape index (κ2) is 5.24. The summed E-state index contributed by atoms with van der Waals surface area (Å²) in [5.74, 6) is 1.24. The summed E-state index contributed by atoms with van der Waals surface area (Å²) in [5, 5.41) is 10.3. The Hall–Kier alpha value is -2.89. The van der Waals surface area contributed by atoms with Crippen LogP contribution in [0.2, 0.25) is 0 Å². The molecule has 6 heteroatoms. The predicted molar refractivity (Wildman–Crippen MR) is 75.9 cm³/mol. The lowest BCUT2D eigenvalue weighted by Gasteiger charge is -1.98. The highest BCUT2D eigenvalue weighted by Gasteiger charge is 2.16. The predicted octanol–water partition coefficient (Wildman–Crippen LogP) is 3.20. The highest BCUT2D eigenvalue weighted by Crippen LogP contribution is 2.20. The first-order valence-electron chi connectivity index (χ1n) is 6.41. The van der Waals surface area contributed by atoms with Gasteiger partial charge in [0.25, 0.3) is 5.91 Å². The van der Waals surface area contributed by atoms with Crippen LogP contribution in [0, 0.1) is 13.8 Å². The van der Waals surface area contributed by atoms with E-state index in [1.807, 2.05) is 30.3 Å². The van der Waals surface area contributed by atoms with Gasteiger partial charge in [0.1, 0.15) is 11.5 Å². The molecule has 0 aliphatic carbocycles. The molecule has 1 amide bonds. The SMILES string of the molecule is Cc1cc(C(=O)Nc2nnc(-c3ccccc3)o2)c(C)o1. The third kappa shape index (κ3) is 2.69. The van der Waals surface area contributed by atoms with Crippen LogP contribution in [0.4, 0.5) is 6.01 Å². The molecule has 2 heterocycles. The minimum Gasteiger partial charge on any atom is -0.466 e. The zero-order valence-electron chi connectivity index (χ0n) is 11.6. The van der Waals surface area contributed by atoms with Crippen LogP contribution in [0.3, 0.4) is 0 Å². The molecule has 0 saturated carbocycles. The third-order valence-corrected chi connectivity index (χ3v) is 2.95. The van der Waals surface area contributed by atoms with Crippen molar-refractivity contribution < 1.29 is 13.6 Å². The molecule has 3 aromatic rings. The molecular weight excluding hydrogens is 270 g/mol. The van der Waals surface area contributed by atoms with E-state index in [2.05, 4.69) is 15.5 Å². The van der Waals surface area contributed by atoms with E-state index in [1.165, 1.54) is 0 Å². The van der Waals surface area contributed by atoms with Crippen LogP contribution in [0.25, 0.3) is 11.5 Å². The number of nitrogens with zero attached hydrogens (tertiary/aromatic N) is 2. The van der Waals surface area contributed by atoms with Gasteiger partial charge < -0.3 is 8.83 Å². The van der Waals surface area contributed by atoms with E-state index in [9.17, 15) is 4.79 Å². The number of nitrogens with one attached hydrogen (secondary N) is 1. The Morgan fingerprint density at radius 3 is 2.52 bits per heavy atom. The molecule has 2 aromatic heterocycles. The lowest BCUT2D eigenvalue weighted by atomic mass is 10.2. The summed E-state index contributed by atoms with van der Waals surface area (Å²) in [6.45, 7) is 3.51. The highest BCUT2D eigenvalue weighted by atomic mass is 16.4. The maximum absolute atomic E-state index is 12.1. The fraction of sp³-hybridized carbons (Fsp3) is 0.133. The topological polar surface area (TPSA) is 81.2 Å². The molecule has 0 aliphatic rings. The van der Waals surface area contributed by atoms with Crippen LogP contribution >= 0.6 is 0 Å². The van der Waals surface area contributed by atoms with Crippen molar-refractivity contribution in [2.24, 2.45) is 0 Å². The van der Waals surface area contributed by atoms with Gasteiger partial charge in [0.05, 0.1) is 5.56 Å². The number of aromatic nitrogens is 2. The van der Waals surface area contributed by atoms with Crippen LogP contribution in [0.15, 0.2) is 45.2 Å². The molecule has 0 radical (unpaired) electrons. The van der Waals surface area contributed by atoms with Gasteiger partial charge in [0.2, 0.25) is 5.89 Å². The quantitative estimate of drug-likeness (QED) is 0.798. The monoisotopic (exact) mass is 283 g/mol. The summed E-state index contributed by atoms with van der Waals surface area (Å²) in [4.78, 5) is 12.1. The van der Waals surface area contributed by atoms with E-state index in [0.717, 1.165) is 5.56 Å². The smallest absolute Gasteiger partial charge is 0.322 e. The molecule has 0 atom stereocenters. The van der Waals surface area contributed by atoms with Crippen molar-refractivity contribution >= 4 is 11.9 Å². The second-order valence-electron chi connectivity index (χ2n) is 4.56. The zero-order valence-corrected chi connectivity index (χ0v) is 11.6. The van der Waals surface area contributed by atoms with E-state index in [1.54, 1.807) is 19.9 Å². The van der Waals surface area contributed by atoms with Crippen molar-refractivity contribution in [3.05, 3.63) is 53.5 Å². The standard InChI is InChI=1S/C15H13N3O3/c1-9-8-12(10(2)20-9)13(19)16-15-18-17-14(21-15)11-6-4-3-5-7-11/h3-8H,1-2H3,(H,16,18,19). The number of carbonyl (C=O) groups excluding carboxylic acids is 1. The van der Waals surface area contributed by atoms with Gasteiger partial charge in [-0.05, 0) is 32.0 Å². The summed E-state index contributed by atoms with van der Waals surface area (Å²) in [5.41, 5.74) is 1.24. The number of amides is 1. The Balaban J connectivity index is 1.79. The first kappa shape index (κ1) is 13.1. The molecule has 0 spiro atoms. The molecule has 0 unspecified atom stereocenters. The fourth-order valence-electron chi connectivity index (χ4n) is 1.99. The van der Waals surface area contributed by atoms with Gasteiger partial charge in [-0.1, -0.05) is 23.3 Å². The summed E-state index contributed by atoms with van der Waals surface area (Å²) < 4.78 is 10.7. The Morgan fingerprint density at radius 1 is 1.10 bits per heavy atom. The largest absolute Gasteiger partial charge is 0.466 e. The van der Waals surface area contributed by atoms with Crippen molar-refractivity contribution in [3.63, 3.8) is 0 Å². The van der Waals surface area contributed by atoms with E-state index in [-0.39, 0.29) is 11.9 Å². The van der Waals surface area contributed by atoms with Crippen molar-refractivity contribution in [3.8, 4) is 11.5 Å². The molecule has 6 nitrogen and oxygen atoms in total. The van der Waals surface area contributed by atoms with Crippen molar-refractivity contribution in [1.29, 1.82) is 0 Å². The lowest BCUT2D eigenvalue weighted by molar-refractivity contribution is 0.102. The molecule has 0 saturated heterocycles. The van der Waals surface area contributed by atoms with Gasteiger partial charge in [-0.15, -0.1) is 5.10 Å². The van der Waals surface area contributed by atoms with Crippen LogP contribution < -0.4 is 5.32 Å². The summed E-state index contributed by atoms with van der Waals surface area (Å²) in [6, 6.07) is 11.1. The fourth-order valence-corrected chi connectivity index (χ4v) is 1.99. The molecule has 106 valence electrons. The van der Waals surface area contributed by atoms with Crippen LogP contribution in [0.5, 0.6) is 0 Å². The molecule has 21 heavy (non-hydrogen) atoms. The molecule has 1 aromatic carbocycles. The molecule has 0 fully saturated rings. The van der Waals surface area contributed by atoms with Crippen molar-refractivity contribution in [2.45, 2.75) is 13.8 Å². The van der Waals surface area contributed by atoms with Crippen molar-refractivity contribution in [1.82, 2.24) is 10.2 Å². The number of hydrogen-bond acceptors (Lipinski definition) is 5. The van der Waals surface area contributed by atoms with E-state index >= 15 is 0 Å². The first-order valence-corrected chi connectivity index (χ1v) is 6.41. The number of carbonyl (C=O) groups is 1. The minimum atomic E-state index is -0.340. The van der Waals surface area contributed by atoms with Gasteiger partial charge in [0, 0.05) is 5.56 Å². The first-order chi connectivity index (χ1) is 10.1. The zero-order chi connectivity index (χ0) is 14.8. The van der Waals surface area contributed by atoms with Crippen molar-refractivity contribution in [2.75, 3.05) is 5.32 Å². The molecule has 1 N–H and O–H groups in total. The number of hydrogen-bond donors (Lipinski definition) is 1. The van der Waals surface area contributed by atoms with Gasteiger partial charge >= 0.3 is 6.01 Å². The van der Waals surface area contributed by atoms with Crippen LogP contribution in [-0.4, -0.2) is 16.1 Å². The summed E-state index contributed by atoms with van der Waals surface area (Å²) in [6.07, 6.45) is 0. The number of furan rings is 1. The molecule has 3 rings (SSSR count). The van der Waals surface area contributed by atoms with Gasteiger partial charge in [-0.2, -0.15) is 0 Å². The highest BCUT2D eigenvalue weighted by molar-refractivity contribution is 6.03. The van der Waals surface area contributed by atoms with E-state index in [0.29, 0.717) is 23.0 Å². The summed E-state index contributed by atoms with van der Waals surface area (Å²) in [7, 11) is 0. The lowest BCUT2D eigenvalue weighted by Crippen LogP contribution is -2.12. The maximum atomic E-state index is 12.1. The summed E-state index contributed by atoms with van der Waals surface area (Å²) >= 11 is 0. The van der Waals surface area contributed by atoms with Gasteiger partial charge in [0.15, 0.2) is 0 Å². The maximum Gasteiger partial charge on any atom is 0.322 e. The van der Waals surface area contributed by atoms with Gasteiger partial charge in [-0.25, -0.2) is 0 Å². The molecular formula is C15H13N3O3. The average Bonchev–Trinajstić information content (AvgIpc) is 3.06. The Bertz CT molecular complexity index is 775. The number of aryl methyl sites for hydroxylation is 2. The Kier molecular flexibility index (Phi) is 3.27. The third-order valence-electron chi connectivity index (χ3n) is 2.95.